The summed E-state index contributed by atoms with van der Waals surface area (Å²) in [6.45, 7) is 24.4. The van der Waals surface area contributed by atoms with Crippen LogP contribution in [0.25, 0.3) is 0 Å². The lowest BCUT2D eigenvalue weighted by Crippen LogP contribution is -2.32. The average molecular weight is 815 g/mol. The number of carboxylic acids is 3. The van der Waals surface area contributed by atoms with Crippen LogP contribution >= 0.6 is 0 Å². The summed E-state index contributed by atoms with van der Waals surface area (Å²) in [6.07, 6.45) is 3.69. The fourth-order valence-electron chi connectivity index (χ4n) is 2.15. The van der Waals surface area contributed by atoms with Crippen LogP contribution in [-0.4, -0.2) is 168 Å². The molecule has 9 N–H and O–H groups in total. The molecule has 19 nitrogen and oxygen atoms in total. The van der Waals surface area contributed by atoms with Crippen LogP contribution in [0.5, 0.6) is 0 Å². The molecule has 0 unspecified atom stereocenters. The van der Waals surface area contributed by atoms with Gasteiger partial charge in [-0.25, -0.2) is 24.0 Å². The highest BCUT2D eigenvalue weighted by Gasteiger charge is 2.25. The minimum absolute atomic E-state index is 0.156. The summed E-state index contributed by atoms with van der Waals surface area (Å²) >= 11 is 0. The van der Waals surface area contributed by atoms with Gasteiger partial charge in [0.1, 0.15) is 13.2 Å². The first-order chi connectivity index (χ1) is 26.2. The zero-order valence-corrected chi connectivity index (χ0v) is 33.2. The minimum atomic E-state index is -0.981. The largest absolute Gasteiger partial charge is 0.478 e. The minimum Gasteiger partial charge on any atom is -0.478 e. The van der Waals surface area contributed by atoms with Gasteiger partial charge in [0, 0.05) is 40.2 Å². The van der Waals surface area contributed by atoms with Crippen molar-refractivity contribution in [2.75, 3.05) is 92.5 Å². The van der Waals surface area contributed by atoms with Crippen LogP contribution in [0.2, 0.25) is 0 Å². The molecule has 0 spiro atoms. The molecule has 56 heavy (non-hydrogen) atoms. The molecule has 0 fully saturated rings. The van der Waals surface area contributed by atoms with E-state index in [2.05, 4.69) is 32.9 Å². The van der Waals surface area contributed by atoms with E-state index < -0.39 is 40.7 Å². The first-order valence-corrected chi connectivity index (χ1v) is 16.8. The van der Waals surface area contributed by atoms with Gasteiger partial charge in [0.05, 0.1) is 79.3 Å². The molecule has 0 aromatic rings. The Hall–Kier alpha value is -4.31. The molecule has 0 aliphatic carbocycles. The smallest absolute Gasteiger partial charge is 0.333 e. The molecule has 0 aromatic carbocycles. The van der Waals surface area contributed by atoms with Crippen molar-refractivity contribution in [3.05, 3.63) is 62.3 Å². The third kappa shape index (κ3) is 47.7. The number of aliphatic hydroxyl groups is 6. The molecule has 0 bridgehead atoms. The number of carbonyl (C=O) groups is 5. The number of hydrogen-bond acceptors (Lipinski definition) is 16. The molecule has 0 aliphatic heterocycles. The van der Waals surface area contributed by atoms with E-state index in [0.29, 0.717) is 63.6 Å². The van der Waals surface area contributed by atoms with E-state index in [1.54, 1.807) is 13.8 Å². The Morgan fingerprint density at radius 2 is 0.643 bits per heavy atom. The Morgan fingerprint density at radius 3 is 0.750 bits per heavy atom. The molecule has 328 valence electrons. The Balaban J connectivity index is -0.000000155. The lowest BCUT2D eigenvalue weighted by Gasteiger charge is -2.24. The van der Waals surface area contributed by atoms with Crippen LogP contribution in [0.15, 0.2) is 62.3 Å². The summed E-state index contributed by atoms with van der Waals surface area (Å²) in [4.78, 5) is 49.8. The second-order valence-electron chi connectivity index (χ2n) is 11.0. The normalized spacial score (nSPS) is 9.75. The summed E-state index contributed by atoms with van der Waals surface area (Å²) in [5, 5.41) is 74.8. The number of aliphatic hydroxyl groups excluding tert-OH is 6. The molecule has 0 radical (unpaired) electrons. The van der Waals surface area contributed by atoms with Gasteiger partial charge in [-0.3, -0.25) is 0 Å². The Labute approximate surface area is 329 Å². The number of rotatable bonds is 25. The van der Waals surface area contributed by atoms with Crippen molar-refractivity contribution in [3.8, 4) is 0 Å². The number of esters is 2. The predicted molar refractivity (Wildman–Crippen MR) is 205 cm³/mol. The maximum atomic E-state index is 11.0. The molecule has 0 amide bonds. The molecule has 0 aromatic heterocycles. The maximum Gasteiger partial charge on any atom is 0.333 e. The van der Waals surface area contributed by atoms with Gasteiger partial charge in [0.25, 0.3) is 0 Å². The van der Waals surface area contributed by atoms with Crippen LogP contribution in [0.4, 0.5) is 0 Å². The zero-order chi connectivity index (χ0) is 45.0. The number of aliphatic carboxylic acids is 3. The maximum absolute atomic E-state index is 11.0. The van der Waals surface area contributed by atoms with Gasteiger partial charge < -0.3 is 69.6 Å². The van der Waals surface area contributed by atoms with Crippen molar-refractivity contribution < 1.29 is 93.6 Å². The second kappa shape index (κ2) is 45.1. The van der Waals surface area contributed by atoms with Gasteiger partial charge in [-0.1, -0.05) is 46.7 Å². The van der Waals surface area contributed by atoms with E-state index >= 15 is 0 Å². The average Bonchev–Trinajstić information content (AvgIpc) is 3.19. The number of ether oxygens (including phenoxy) is 5. The number of hydrogen-bond donors (Lipinski definition) is 9. The van der Waals surface area contributed by atoms with Crippen LogP contribution in [0, 0.1) is 10.8 Å². The van der Waals surface area contributed by atoms with Crippen molar-refractivity contribution in [2.24, 2.45) is 10.8 Å². The van der Waals surface area contributed by atoms with Crippen molar-refractivity contribution in [1.82, 2.24) is 0 Å². The third-order valence-electron chi connectivity index (χ3n) is 6.40. The first kappa shape index (κ1) is 63.6. The van der Waals surface area contributed by atoms with E-state index in [4.69, 9.17) is 69.6 Å². The van der Waals surface area contributed by atoms with Crippen molar-refractivity contribution in [1.29, 1.82) is 0 Å². The van der Waals surface area contributed by atoms with Gasteiger partial charge in [-0.05, 0) is 26.7 Å². The third-order valence-corrected chi connectivity index (χ3v) is 6.40. The Bertz CT molecular complexity index is 946. The van der Waals surface area contributed by atoms with Crippen molar-refractivity contribution in [3.63, 3.8) is 0 Å². The SMILES string of the molecule is C=C(C)C(=O)OCCOCCOCCOCCOC(=O)C(=C)C.C=CC(=O)O.C=CC(=O)O.C=CC(=O)O.CCC(CO)(CO)CO.CCC(CO)(CO)CO. The highest BCUT2D eigenvalue weighted by atomic mass is 16.6. The standard InChI is InChI=1S/C16H26O7.2C6H14O3.3C3H4O2/c1-13(2)15(17)22-11-9-20-7-5-19-6-8-21-10-12-23-16(18)14(3)4;2*1-2-6(3-7,4-8)5-9;3*1-2-3(4)5/h1,3,5-12H2,2,4H3;2*7-9H,2-5H2,1H3;3*2H,1H2,(H,4,5). The van der Waals surface area contributed by atoms with Gasteiger partial charge in [-0.2, -0.15) is 0 Å². The highest BCUT2D eigenvalue weighted by Crippen LogP contribution is 2.19. The van der Waals surface area contributed by atoms with Gasteiger partial charge >= 0.3 is 29.8 Å². The predicted octanol–water partition coefficient (Wildman–Crippen LogP) is 0.765. The summed E-state index contributed by atoms with van der Waals surface area (Å²) in [6, 6.07) is 0. The molecule has 0 aliphatic rings. The van der Waals surface area contributed by atoms with Crippen molar-refractivity contribution >= 4 is 29.8 Å². The fourth-order valence-corrected chi connectivity index (χ4v) is 2.15. The molecule has 0 rings (SSSR count). The van der Waals surface area contributed by atoms with Gasteiger partial charge in [0.2, 0.25) is 0 Å². The monoisotopic (exact) mass is 814 g/mol. The van der Waals surface area contributed by atoms with Crippen LogP contribution in [0.1, 0.15) is 40.5 Å². The number of carboxylic acid groups (broad SMARTS) is 3. The molecule has 0 heterocycles. The van der Waals surface area contributed by atoms with Gasteiger partial charge in [-0.15, -0.1) is 0 Å². The first-order valence-electron chi connectivity index (χ1n) is 16.8. The number of carbonyl (C=O) groups excluding carboxylic acids is 2. The van der Waals surface area contributed by atoms with E-state index in [1.165, 1.54) is 0 Å². The molecule has 0 atom stereocenters. The fraction of sp³-hybridized carbons (Fsp3) is 0.595. The van der Waals surface area contributed by atoms with E-state index in [0.717, 1.165) is 18.2 Å². The molecule has 0 saturated carbocycles. The zero-order valence-electron chi connectivity index (χ0n) is 33.2. The lowest BCUT2D eigenvalue weighted by molar-refractivity contribution is -0.141. The van der Waals surface area contributed by atoms with Gasteiger partial charge in [0.15, 0.2) is 0 Å². The van der Waals surface area contributed by atoms with Crippen molar-refractivity contribution in [2.45, 2.75) is 40.5 Å². The molecule has 0 saturated heterocycles. The molecular weight excluding hydrogens is 748 g/mol. The topological polar surface area (TPSA) is 314 Å². The summed E-state index contributed by atoms with van der Waals surface area (Å²) in [5.74, 6) is -3.79. The Morgan fingerprint density at radius 1 is 0.464 bits per heavy atom. The molecule has 19 heteroatoms. The summed E-state index contributed by atoms with van der Waals surface area (Å²) < 4.78 is 25.4. The summed E-state index contributed by atoms with van der Waals surface area (Å²) in [5.41, 5.74) is -0.606. The quantitative estimate of drug-likeness (QED) is 0.0349. The van der Waals surface area contributed by atoms with Crippen LogP contribution in [0.3, 0.4) is 0 Å². The van der Waals surface area contributed by atoms with Crippen LogP contribution in [-0.2, 0) is 47.7 Å². The molecular formula is C37H66O19. The van der Waals surface area contributed by atoms with Crippen LogP contribution < -0.4 is 0 Å². The van der Waals surface area contributed by atoms with E-state index in [1.807, 2.05) is 13.8 Å². The summed E-state index contributed by atoms with van der Waals surface area (Å²) in [7, 11) is 0. The Kier molecular flexibility index (Phi) is 51.2. The lowest BCUT2D eigenvalue weighted by atomic mass is 9.88. The second-order valence-corrected chi connectivity index (χ2v) is 11.0. The highest BCUT2D eigenvalue weighted by molar-refractivity contribution is 5.87. The van der Waals surface area contributed by atoms with E-state index in [9.17, 15) is 24.0 Å². The van der Waals surface area contributed by atoms with E-state index in [-0.39, 0.29) is 52.9 Å².